The number of nitrogens with one attached hydrogen (secondary N) is 1. The quantitative estimate of drug-likeness (QED) is 0.468. The lowest BCUT2D eigenvalue weighted by Crippen LogP contribution is -2.05. The zero-order valence-electron chi connectivity index (χ0n) is 8.53. The Hall–Kier alpha value is -2.64. The largest absolute Gasteiger partial charge is 0.294 e. The van der Waals surface area contributed by atoms with E-state index in [9.17, 15) is 14.9 Å². The molecule has 2 aromatic rings. The summed E-state index contributed by atoms with van der Waals surface area (Å²) >= 11 is 0. The first-order valence-corrected chi connectivity index (χ1v) is 4.67. The fraction of sp³-hybridized carbons (Fsp3) is 0.111. The maximum atomic E-state index is 11.7. The molecule has 0 unspecified atom stereocenters. The number of aromatic nitrogens is 4. The van der Waals surface area contributed by atoms with Gasteiger partial charge >= 0.3 is 0 Å². The minimum Gasteiger partial charge on any atom is -0.294 e. The Morgan fingerprint density at radius 2 is 2.06 bits per heavy atom. The van der Waals surface area contributed by atoms with Gasteiger partial charge in [0.05, 0.1) is 11.3 Å². The van der Waals surface area contributed by atoms with E-state index in [1.54, 1.807) is 0 Å². The van der Waals surface area contributed by atoms with Gasteiger partial charge in [-0.05, 0) is 12.1 Å². The lowest BCUT2D eigenvalue weighted by Gasteiger charge is -1.97. The average molecular weight is 233 g/mol. The number of ketones is 1. The molecule has 0 aliphatic carbocycles. The SMILES string of the molecule is O=C(Cc1nn[nH]n1)c1ccc([N+](=O)[O-])cc1. The predicted octanol–water partition coefficient (Wildman–Crippen LogP) is 0.533. The molecule has 0 saturated heterocycles. The Bertz CT molecular complexity index is 534. The van der Waals surface area contributed by atoms with Crippen molar-refractivity contribution in [2.45, 2.75) is 6.42 Å². The van der Waals surface area contributed by atoms with Gasteiger partial charge in [0.15, 0.2) is 11.6 Å². The van der Waals surface area contributed by atoms with Gasteiger partial charge < -0.3 is 0 Å². The molecule has 8 heteroatoms. The van der Waals surface area contributed by atoms with E-state index in [0.717, 1.165) is 0 Å². The third kappa shape index (κ3) is 2.48. The number of nitrogens with zero attached hydrogens (tertiary/aromatic N) is 4. The van der Waals surface area contributed by atoms with Gasteiger partial charge in [0.25, 0.3) is 5.69 Å². The first-order chi connectivity index (χ1) is 8.16. The molecule has 0 bridgehead atoms. The number of H-pyrrole nitrogens is 1. The fourth-order valence-electron chi connectivity index (χ4n) is 1.27. The number of rotatable bonds is 4. The van der Waals surface area contributed by atoms with Crippen LogP contribution in [0.3, 0.4) is 0 Å². The maximum absolute atomic E-state index is 11.7. The minimum absolute atomic E-state index is 0.00824. The first-order valence-electron chi connectivity index (χ1n) is 4.67. The number of carbonyl (C=O) groups is 1. The fourth-order valence-corrected chi connectivity index (χ4v) is 1.27. The Labute approximate surface area is 94.8 Å². The van der Waals surface area contributed by atoms with E-state index in [4.69, 9.17) is 0 Å². The Balaban J connectivity index is 2.12. The van der Waals surface area contributed by atoms with Crippen molar-refractivity contribution in [2.75, 3.05) is 0 Å². The zero-order valence-corrected chi connectivity index (χ0v) is 8.53. The molecule has 0 saturated carbocycles. The molecule has 0 aliphatic heterocycles. The van der Waals surface area contributed by atoms with Gasteiger partial charge in [-0.2, -0.15) is 5.21 Å². The van der Waals surface area contributed by atoms with Crippen molar-refractivity contribution in [3.05, 3.63) is 45.8 Å². The van der Waals surface area contributed by atoms with Gasteiger partial charge in [-0.15, -0.1) is 10.2 Å². The number of tetrazole rings is 1. The first kappa shape index (κ1) is 10.9. The van der Waals surface area contributed by atoms with Crippen LogP contribution in [0.1, 0.15) is 16.2 Å². The molecule has 2 rings (SSSR count). The van der Waals surface area contributed by atoms with Crippen LogP contribution in [0.15, 0.2) is 24.3 Å². The number of hydrogen-bond donors (Lipinski definition) is 1. The summed E-state index contributed by atoms with van der Waals surface area (Å²) in [5.41, 5.74) is 0.321. The molecule has 17 heavy (non-hydrogen) atoms. The highest BCUT2D eigenvalue weighted by Gasteiger charge is 2.12. The number of benzene rings is 1. The lowest BCUT2D eigenvalue weighted by atomic mass is 10.1. The molecular formula is C9H7N5O3. The summed E-state index contributed by atoms with van der Waals surface area (Å²) in [7, 11) is 0. The summed E-state index contributed by atoms with van der Waals surface area (Å²) in [6, 6.07) is 5.37. The summed E-state index contributed by atoms with van der Waals surface area (Å²) in [5.74, 6) is 0.0645. The van der Waals surface area contributed by atoms with E-state index in [2.05, 4.69) is 20.6 Å². The number of nitro groups is 1. The number of Topliss-reactive ketones (excluding diaryl/α,β-unsaturated/α-hetero) is 1. The Morgan fingerprint density at radius 3 is 2.59 bits per heavy atom. The van der Waals surface area contributed by atoms with E-state index in [0.29, 0.717) is 5.56 Å². The predicted molar refractivity (Wildman–Crippen MR) is 55.3 cm³/mol. The van der Waals surface area contributed by atoms with Crippen molar-refractivity contribution >= 4 is 11.5 Å². The van der Waals surface area contributed by atoms with Crippen LogP contribution in [0, 0.1) is 10.1 Å². The van der Waals surface area contributed by atoms with Crippen LogP contribution in [0.5, 0.6) is 0 Å². The van der Waals surface area contributed by atoms with E-state index in [1.807, 2.05) is 0 Å². The van der Waals surface area contributed by atoms with Crippen molar-refractivity contribution < 1.29 is 9.72 Å². The summed E-state index contributed by atoms with van der Waals surface area (Å²) in [5, 5.41) is 23.3. The molecule has 86 valence electrons. The van der Waals surface area contributed by atoms with Crippen LogP contribution in [0.4, 0.5) is 5.69 Å². The highest BCUT2D eigenvalue weighted by Crippen LogP contribution is 2.13. The molecule has 1 aromatic heterocycles. The molecule has 0 atom stereocenters. The monoisotopic (exact) mass is 233 g/mol. The van der Waals surface area contributed by atoms with Gasteiger partial charge in [-0.25, -0.2) is 0 Å². The smallest absolute Gasteiger partial charge is 0.269 e. The van der Waals surface area contributed by atoms with Gasteiger partial charge in [-0.1, -0.05) is 5.21 Å². The second kappa shape index (κ2) is 4.47. The van der Waals surface area contributed by atoms with Gasteiger partial charge in [0.2, 0.25) is 0 Å². The van der Waals surface area contributed by atoms with E-state index in [-0.39, 0.29) is 23.7 Å². The van der Waals surface area contributed by atoms with Crippen LogP contribution in [-0.4, -0.2) is 31.3 Å². The van der Waals surface area contributed by atoms with E-state index >= 15 is 0 Å². The summed E-state index contributed by atoms with van der Waals surface area (Å²) in [4.78, 5) is 21.6. The second-order valence-electron chi connectivity index (χ2n) is 3.23. The maximum Gasteiger partial charge on any atom is 0.269 e. The van der Waals surface area contributed by atoms with Crippen LogP contribution >= 0.6 is 0 Å². The third-order valence-electron chi connectivity index (χ3n) is 2.11. The van der Waals surface area contributed by atoms with Crippen molar-refractivity contribution in [3.63, 3.8) is 0 Å². The molecule has 0 fully saturated rings. The molecule has 1 heterocycles. The normalized spacial score (nSPS) is 10.1. The highest BCUT2D eigenvalue weighted by molar-refractivity contribution is 5.97. The van der Waals surface area contributed by atoms with E-state index < -0.39 is 4.92 Å². The molecule has 0 radical (unpaired) electrons. The van der Waals surface area contributed by atoms with Crippen molar-refractivity contribution in [1.29, 1.82) is 0 Å². The summed E-state index contributed by atoms with van der Waals surface area (Å²) in [6.07, 6.45) is 0.00824. The highest BCUT2D eigenvalue weighted by atomic mass is 16.6. The standard InChI is InChI=1S/C9H7N5O3/c15-8(5-9-10-12-13-11-9)6-1-3-7(4-2-6)14(16)17/h1-4H,5H2,(H,10,11,12,13). The number of non-ortho nitro benzene ring substituents is 1. The number of carbonyl (C=O) groups excluding carboxylic acids is 1. The molecule has 0 spiro atoms. The number of nitro benzene ring substituents is 1. The molecule has 0 amide bonds. The second-order valence-corrected chi connectivity index (χ2v) is 3.23. The number of hydrogen-bond acceptors (Lipinski definition) is 6. The topological polar surface area (TPSA) is 115 Å². The Kier molecular flexibility index (Phi) is 2.86. The van der Waals surface area contributed by atoms with Crippen LogP contribution in [0.25, 0.3) is 0 Å². The van der Waals surface area contributed by atoms with Crippen LogP contribution < -0.4 is 0 Å². The molecule has 1 aromatic carbocycles. The lowest BCUT2D eigenvalue weighted by molar-refractivity contribution is -0.384. The van der Waals surface area contributed by atoms with Gasteiger partial charge in [0, 0.05) is 17.7 Å². The molecule has 0 aliphatic rings. The van der Waals surface area contributed by atoms with Crippen molar-refractivity contribution in [1.82, 2.24) is 20.6 Å². The summed E-state index contributed by atoms with van der Waals surface area (Å²) in [6.45, 7) is 0. The zero-order chi connectivity index (χ0) is 12.3. The summed E-state index contributed by atoms with van der Waals surface area (Å²) < 4.78 is 0. The van der Waals surface area contributed by atoms with Crippen molar-refractivity contribution in [3.8, 4) is 0 Å². The minimum atomic E-state index is -0.520. The molecule has 8 nitrogen and oxygen atoms in total. The van der Waals surface area contributed by atoms with Crippen molar-refractivity contribution in [2.24, 2.45) is 0 Å². The number of aromatic amines is 1. The third-order valence-corrected chi connectivity index (χ3v) is 2.11. The van der Waals surface area contributed by atoms with Crippen LogP contribution in [-0.2, 0) is 6.42 Å². The van der Waals surface area contributed by atoms with E-state index in [1.165, 1.54) is 24.3 Å². The average Bonchev–Trinajstić information content (AvgIpc) is 2.82. The van der Waals surface area contributed by atoms with Crippen LogP contribution in [0.2, 0.25) is 0 Å². The van der Waals surface area contributed by atoms with Gasteiger partial charge in [0.1, 0.15) is 0 Å². The Morgan fingerprint density at radius 1 is 1.35 bits per heavy atom. The van der Waals surface area contributed by atoms with Gasteiger partial charge in [-0.3, -0.25) is 14.9 Å². The molecular weight excluding hydrogens is 226 g/mol. The molecule has 1 N–H and O–H groups in total.